The van der Waals surface area contributed by atoms with Crippen LogP contribution in [-0.2, 0) is 42.9 Å². The summed E-state index contributed by atoms with van der Waals surface area (Å²) in [5.74, 6) is -4.84. The summed E-state index contributed by atoms with van der Waals surface area (Å²) in [6.45, 7) is 61.2. The van der Waals surface area contributed by atoms with E-state index in [0.29, 0.717) is 124 Å². The highest BCUT2D eigenvalue weighted by molar-refractivity contribution is 14.1. The van der Waals surface area contributed by atoms with Gasteiger partial charge in [0.15, 0.2) is 6.29 Å². The molecule has 7 N–H and O–H groups in total. The van der Waals surface area contributed by atoms with Gasteiger partial charge in [0.1, 0.15) is 18.8 Å². The minimum Gasteiger partial charge on any atom is -0.478 e. The van der Waals surface area contributed by atoms with Crippen molar-refractivity contribution in [3.8, 4) is 0 Å². The molecule has 0 saturated heterocycles. The summed E-state index contributed by atoms with van der Waals surface area (Å²) >= 11 is 7.43. The highest BCUT2D eigenvalue weighted by Crippen LogP contribution is 2.25. The molecule has 0 aliphatic heterocycles. The zero-order chi connectivity index (χ0) is 102. The van der Waals surface area contributed by atoms with Crippen LogP contribution in [0.3, 0.4) is 0 Å². The number of halogens is 2. The number of hydrogen-bond donors (Lipinski definition) is 6. The third kappa shape index (κ3) is 44.6. The fourth-order valence-electron chi connectivity index (χ4n) is 12.0. The molecule has 0 fully saturated rings. The first-order valence-electron chi connectivity index (χ1n) is 43.4. The molecule has 724 valence electrons. The van der Waals surface area contributed by atoms with Crippen LogP contribution in [0.15, 0.2) is 165 Å². The number of esters is 5. The summed E-state index contributed by atoms with van der Waals surface area (Å²) < 4.78 is 26.6. The molecule has 0 unspecified atom stereocenters. The lowest BCUT2D eigenvalue weighted by Crippen LogP contribution is -2.42. The number of carboxylic acids is 3. The van der Waals surface area contributed by atoms with Crippen molar-refractivity contribution in [1.82, 2.24) is 25.0 Å². The molecule has 27 nitrogen and oxygen atoms in total. The summed E-state index contributed by atoms with van der Waals surface area (Å²) in [4.78, 5) is 152. The number of carbonyl (C=O) groups is 12. The van der Waals surface area contributed by atoms with Gasteiger partial charge in [0, 0.05) is 50.5 Å². The van der Waals surface area contributed by atoms with Crippen LogP contribution in [0.5, 0.6) is 0 Å². The number of aromatic nitrogens is 1. The van der Waals surface area contributed by atoms with Gasteiger partial charge in [-0.25, -0.2) is 19.2 Å². The van der Waals surface area contributed by atoms with Gasteiger partial charge in [-0.1, -0.05) is 213 Å². The molecular formula is C104H138ClIN6O21. The number of rotatable bonds is 30. The second kappa shape index (κ2) is 66.1. The Bertz CT molecular complexity index is 4960. The number of pyridine rings is 1. The Hall–Kier alpha value is -12.4. The van der Waals surface area contributed by atoms with E-state index >= 15 is 0 Å². The van der Waals surface area contributed by atoms with E-state index in [1.54, 1.807) is 147 Å². The maximum Gasteiger partial charge on any atom is 0.355 e. The zero-order valence-electron chi connectivity index (χ0n) is 81.6. The summed E-state index contributed by atoms with van der Waals surface area (Å²) in [7, 11) is 0. The first-order chi connectivity index (χ1) is 62.5. The lowest BCUT2D eigenvalue weighted by molar-refractivity contribution is -0.145. The van der Waals surface area contributed by atoms with Crippen LogP contribution >= 0.6 is 34.2 Å². The average molecular weight is 1970 g/mol. The lowest BCUT2D eigenvalue weighted by atomic mass is 10.00. The van der Waals surface area contributed by atoms with Gasteiger partial charge in [-0.15, -0.1) is 0 Å². The molecule has 1 aromatic heterocycles. The highest BCUT2D eigenvalue weighted by atomic mass is 127. The average Bonchev–Trinajstić information content (AvgIpc) is 0.763. The molecule has 0 atom stereocenters. The number of ether oxygens (including phenoxy) is 5. The molecule has 8 rings (SSSR count). The number of amides is 2. The van der Waals surface area contributed by atoms with Crippen molar-refractivity contribution in [2.75, 3.05) is 59.2 Å². The van der Waals surface area contributed by atoms with Crippen LogP contribution in [0, 0.1) is 52.0 Å². The number of aryl methyl sites for hydroxylation is 7. The Morgan fingerprint density at radius 1 is 0.429 bits per heavy atom. The predicted molar refractivity (Wildman–Crippen MR) is 540 cm³/mol. The van der Waals surface area contributed by atoms with Gasteiger partial charge in [0.05, 0.1) is 73.8 Å². The number of hydrogen-bond acceptors (Lipinski definition) is 21. The van der Waals surface area contributed by atoms with Crippen LogP contribution in [-0.4, -0.2) is 190 Å². The Morgan fingerprint density at radius 2 is 0.714 bits per heavy atom. The molecule has 133 heavy (non-hydrogen) atoms. The van der Waals surface area contributed by atoms with Crippen LogP contribution in [0.4, 0.5) is 0 Å². The molecular weight excluding hydrogens is 1830 g/mol. The Morgan fingerprint density at radius 3 is 0.992 bits per heavy atom. The van der Waals surface area contributed by atoms with E-state index in [1.807, 2.05) is 199 Å². The standard InChI is InChI=1S/C17H23NO3.C16H21NO4.C16H19NO3.C10H9ClO.2C10H10O2.C8H7IO2.2C7H15NO2.C3H9N/c1-6-14-10-8-9-13(5)16(14)17(20)18(12(3)4)11-15(19)21-7-2;1-5-21-14(19)9-17(11(2)3)16(20)15-12(4)7-6-8-13(15)10-18;1-5-20-16(19)13-9-12-8-6-7-11(4)14(12)15(18)17(13)10(2)3;3*1-3-8-6-4-5-7(2)9(8)10(11)12;1-5-3-2-4-6(9)7(5)8(10)11;2*1-4-10-7(9)5-8-6(2)3;1-3(2)4/h6,8-10,12H,1,7,11H2,2-5H3;6-8,10-11H,5,9H2,1-4H3;6-10H,5H2,1-4H3;3-6H,1H2,2H3;2*3-6H,1H2,2H3,(H,11,12);2-4H,1H3,(H,10,11);2*6,8H,4-5H2,1-3H3;3H,4H2,1-2H3. The molecule has 0 saturated carbocycles. The van der Waals surface area contributed by atoms with Gasteiger partial charge in [-0.2, -0.15) is 0 Å². The predicted octanol–water partition coefficient (Wildman–Crippen LogP) is 19.8. The number of carbonyl (C=O) groups excluding carboxylic acids is 9. The third-order valence-corrected chi connectivity index (χ3v) is 19.3. The SMILES string of the molecule is C=Cc1cccc(C)c1C(=O)Cl.C=Cc1cccc(C)c1C(=O)N(CC(=O)OCC)C(C)C.C=Cc1cccc(C)c1C(=O)O.C=Cc1cccc(C)c1C(=O)O.CC(C)N.CCOC(=O)CN(C(=O)c1c(C)cccc1C=O)C(C)C.CCOC(=O)CNC(C)C.CCOC(=O)CNC(C)C.CCOC(=O)c1cc2cccc(C)c2c(=O)n1C(C)C.Cc1cccc(I)c1C(=O)O. The number of fused-ring (bicyclic) bond motifs is 1. The highest BCUT2D eigenvalue weighted by Gasteiger charge is 2.28. The number of aromatic carboxylic acids is 3. The molecule has 8 aromatic rings. The number of nitrogens with one attached hydrogen (secondary N) is 2. The molecule has 2 amide bonds. The van der Waals surface area contributed by atoms with Crippen LogP contribution in [0.25, 0.3) is 35.1 Å². The normalized spacial score (nSPS) is 10.1. The summed E-state index contributed by atoms with van der Waals surface area (Å²) in [5.41, 5.74) is 16.8. The Kier molecular flexibility index (Phi) is 61.0. The number of carboxylic acid groups (broad SMARTS) is 3. The maximum absolute atomic E-state index is 12.8. The molecule has 0 aliphatic rings. The van der Waals surface area contributed by atoms with Crippen molar-refractivity contribution in [2.45, 2.75) is 202 Å². The van der Waals surface area contributed by atoms with E-state index in [4.69, 9.17) is 56.3 Å². The van der Waals surface area contributed by atoms with E-state index in [0.717, 1.165) is 53.5 Å². The molecule has 1 heterocycles. The number of nitrogens with zero attached hydrogens (tertiary/aromatic N) is 3. The number of benzene rings is 7. The van der Waals surface area contributed by atoms with Gasteiger partial charge in [-0.05, 0) is 244 Å². The first-order valence-corrected chi connectivity index (χ1v) is 44.8. The second-order valence-electron chi connectivity index (χ2n) is 30.9. The Labute approximate surface area is 803 Å². The minimum atomic E-state index is -0.900. The van der Waals surface area contributed by atoms with E-state index in [-0.39, 0.29) is 73.7 Å². The molecule has 0 spiro atoms. The van der Waals surface area contributed by atoms with Gasteiger partial charge in [0.25, 0.3) is 22.6 Å². The van der Waals surface area contributed by atoms with E-state index in [9.17, 15) is 62.3 Å². The van der Waals surface area contributed by atoms with Crippen molar-refractivity contribution in [3.05, 3.63) is 280 Å². The van der Waals surface area contributed by atoms with Crippen molar-refractivity contribution in [1.29, 1.82) is 0 Å². The minimum absolute atomic E-state index is 0.0464. The summed E-state index contributed by atoms with van der Waals surface area (Å²) in [5, 5.41) is 33.3. The van der Waals surface area contributed by atoms with Gasteiger partial charge in [-0.3, -0.25) is 47.7 Å². The Balaban J connectivity index is 0. The van der Waals surface area contributed by atoms with Crippen molar-refractivity contribution < 1.29 is 96.5 Å². The summed E-state index contributed by atoms with van der Waals surface area (Å²) in [6, 6.07) is 40.3. The van der Waals surface area contributed by atoms with Crippen LogP contribution < -0.4 is 21.9 Å². The van der Waals surface area contributed by atoms with Crippen LogP contribution in [0.2, 0.25) is 0 Å². The smallest absolute Gasteiger partial charge is 0.355 e. The fraction of sp³-hybridized carbons (Fsp3) is 0.375. The fourth-order valence-corrected chi connectivity index (χ4v) is 13.1. The van der Waals surface area contributed by atoms with E-state index in [1.165, 1.54) is 14.4 Å². The number of nitrogens with two attached hydrogens (primary N) is 1. The third-order valence-electron chi connectivity index (χ3n) is 18.2. The van der Waals surface area contributed by atoms with Crippen LogP contribution in [0.1, 0.15) is 268 Å². The molecule has 7 aromatic carbocycles. The zero-order valence-corrected chi connectivity index (χ0v) is 84.5. The largest absolute Gasteiger partial charge is 0.478 e. The molecule has 0 aliphatic carbocycles. The van der Waals surface area contributed by atoms with Crippen molar-refractivity contribution in [2.24, 2.45) is 5.73 Å². The van der Waals surface area contributed by atoms with Crippen molar-refractivity contribution >= 4 is 140 Å². The van der Waals surface area contributed by atoms with E-state index in [2.05, 4.69) is 36.9 Å². The van der Waals surface area contributed by atoms with Gasteiger partial charge < -0.3 is 65.2 Å². The van der Waals surface area contributed by atoms with Gasteiger partial charge >= 0.3 is 47.8 Å². The molecule has 29 heteroatoms. The lowest BCUT2D eigenvalue weighted by Gasteiger charge is -2.27. The monoisotopic (exact) mass is 1970 g/mol. The van der Waals surface area contributed by atoms with E-state index < -0.39 is 41.1 Å². The van der Waals surface area contributed by atoms with Gasteiger partial charge in [0.2, 0.25) is 0 Å². The second-order valence-corrected chi connectivity index (χ2v) is 32.4. The molecule has 0 radical (unpaired) electrons. The molecule has 0 bridgehead atoms. The topological polar surface area (TPSA) is 390 Å². The van der Waals surface area contributed by atoms with Crippen molar-refractivity contribution in [3.63, 3.8) is 0 Å². The quantitative estimate of drug-likeness (QED) is 0.00800. The summed E-state index contributed by atoms with van der Waals surface area (Å²) in [6.07, 6.45) is 7.04. The first kappa shape index (κ1) is 123. The maximum atomic E-state index is 12.8. The number of aldehydes is 1.